The maximum Gasteiger partial charge on any atom is 0.277 e. The molecule has 0 aliphatic carbocycles. The van der Waals surface area contributed by atoms with Crippen LogP contribution in [0, 0.1) is 17.0 Å². The fourth-order valence-electron chi connectivity index (χ4n) is 2.54. The van der Waals surface area contributed by atoms with E-state index < -0.39 is 10.8 Å². The number of ether oxygens (including phenoxy) is 1. The van der Waals surface area contributed by atoms with E-state index in [1.165, 1.54) is 12.3 Å². The Morgan fingerprint density at radius 1 is 1.24 bits per heavy atom. The minimum atomic E-state index is -0.447. The van der Waals surface area contributed by atoms with Crippen LogP contribution >= 0.6 is 11.6 Å². The molecule has 1 amide bonds. The Hall–Kier alpha value is -3.65. The van der Waals surface area contributed by atoms with Crippen molar-refractivity contribution in [3.8, 4) is 17.1 Å². The summed E-state index contributed by atoms with van der Waals surface area (Å²) in [6, 6.07) is 14.7. The van der Waals surface area contributed by atoms with E-state index in [1.807, 2.05) is 0 Å². The molecule has 1 heterocycles. The topological polar surface area (TPSA) is 107 Å². The van der Waals surface area contributed by atoms with Crippen LogP contribution < -0.4 is 10.2 Å². The van der Waals surface area contributed by atoms with Gasteiger partial charge in [0.05, 0.1) is 11.1 Å². The Morgan fingerprint density at radius 3 is 2.72 bits per heavy atom. The van der Waals surface area contributed by atoms with Gasteiger partial charge in [-0.1, -0.05) is 23.7 Å². The van der Waals surface area contributed by atoms with Gasteiger partial charge in [0.1, 0.15) is 17.3 Å². The zero-order chi connectivity index (χ0) is 20.8. The molecule has 0 saturated heterocycles. The van der Waals surface area contributed by atoms with Crippen LogP contribution in [0.3, 0.4) is 0 Å². The molecule has 148 valence electrons. The van der Waals surface area contributed by atoms with Gasteiger partial charge in [-0.15, -0.1) is 0 Å². The Morgan fingerprint density at radius 2 is 2.00 bits per heavy atom. The van der Waals surface area contributed by atoms with Crippen LogP contribution in [-0.2, 0) is 4.79 Å². The highest BCUT2D eigenvalue weighted by Crippen LogP contribution is 2.30. The van der Waals surface area contributed by atoms with Gasteiger partial charge in [0, 0.05) is 22.2 Å². The van der Waals surface area contributed by atoms with E-state index in [0.717, 1.165) is 0 Å². The number of hydrogen-bond donors (Lipinski definition) is 1. The van der Waals surface area contributed by atoms with Crippen molar-refractivity contribution in [1.29, 1.82) is 0 Å². The van der Waals surface area contributed by atoms with Gasteiger partial charge >= 0.3 is 0 Å². The maximum absolute atomic E-state index is 11.8. The number of furan rings is 1. The third-order valence-electron chi connectivity index (χ3n) is 3.96. The molecule has 29 heavy (non-hydrogen) atoms. The molecule has 0 unspecified atom stereocenters. The lowest BCUT2D eigenvalue weighted by atomic mass is 10.1. The molecule has 0 aliphatic heterocycles. The minimum absolute atomic E-state index is 0.0158. The van der Waals surface area contributed by atoms with Crippen LogP contribution in [-0.4, -0.2) is 23.7 Å². The first-order valence-electron chi connectivity index (χ1n) is 8.48. The maximum atomic E-state index is 11.8. The third-order valence-corrected chi connectivity index (χ3v) is 4.21. The molecule has 0 radical (unpaired) electrons. The highest BCUT2D eigenvalue weighted by molar-refractivity contribution is 6.30. The van der Waals surface area contributed by atoms with E-state index in [-0.39, 0.29) is 12.3 Å². The summed E-state index contributed by atoms with van der Waals surface area (Å²) in [7, 11) is 0. The molecule has 8 nitrogen and oxygen atoms in total. The van der Waals surface area contributed by atoms with Crippen molar-refractivity contribution in [2.75, 3.05) is 6.61 Å². The van der Waals surface area contributed by atoms with Crippen LogP contribution in [0.25, 0.3) is 11.3 Å². The second kappa shape index (κ2) is 9.03. The molecule has 0 bridgehead atoms. The van der Waals surface area contributed by atoms with E-state index in [2.05, 4.69) is 10.5 Å². The van der Waals surface area contributed by atoms with Crippen LogP contribution in [0.1, 0.15) is 11.3 Å². The first-order chi connectivity index (χ1) is 13.9. The lowest BCUT2D eigenvalue weighted by molar-refractivity contribution is -0.385. The van der Waals surface area contributed by atoms with Gasteiger partial charge in [-0.2, -0.15) is 5.10 Å². The molecular formula is C20H16ClN3O5. The van der Waals surface area contributed by atoms with Gasteiger partial charge in [0.2, 0.25) is 0 Å². The molecule has 0 fully saturated rings. The molecule has 9 heteroatoms. The number of nitro groups is 1. The normalized spacial score (nSPS) is 10.8. The minimum Gasteiger partial charge on any atom is -0.484 e. The Kier molecular flexibility index (Phi) is 6.25. The van der Waals surface area contributed by atoms with E-state index in [0.29, 0.717) is 33.4 Å². The molecule has 0 spiro atoms. The van der Waals surface area contributed by atoms with Crippen molar-refractivity contribution in [3.05, 3.63) is 81.1 Å². The summed E-state index contributed by atoms with van der Waals surface area (Å²) < 4.78 is 10.9. The largest absolute Gasteiger partial charge is 0.484 e. The number of nitrogens with zero attached hydrogens (tertiary/aromatic N) is 2. The number of nitrogens with one attached hydrogen (secondary N) is 1. The molecule has 3 rings (SSSR count). The van der Waals surface area contributed by atoms with E-state index >= 15 is 0 Å². The highest BCUT2D eigenvalue weighted by atomic mass is 35.5. The SMILES string of the molecule is Cc1c(-c2ccc(/C=N\NC(=O)COc3ccc(Cl)cc3)o2)cccc1[N+](=O)[O-]. The number of benzene rings is 2. The molecule has 0 atom stereocenters. The number of nitro benzene ring substituents is 1. The zero-order valence-corrected chi connectivity index (χ0v) is 16.1. The van der Waals surface area contributed by atoms with Gasteiger partial charge in [-0.05, 0) is 43.3 Å². The molecule has 0 aliphatic rings. The number of carbonyl (C=O) groups is 1. The Balaban J connectivity index is 1.58. The van der Waals surface area contributed by atoms with Crippen molar-refractivity contribution >= 4 is 29.4 Å². The predicted molar refractivity (Wildman–Crippen MR) is 108 cm³/mol. The van der Waals surface area contributed by atoms with Gasteiger partial charge in [0.25, 0.3) is 11.6 Å². The van der Waals surface area contributed by atoms with Gasteiger partial charge in [-0.3, -0.25) is 14.9 Å². The fraction of sp³-hybridized carbons (Fsp3) is 0.100. The van der Waals surface area contributed by atoms with Crippen molar-refractivity contribution in [1.82, 2.24) is 5.43 Å². The summed E-state index contributed by atoms with van der Waals surface area (Å²) in [5, 5.41) is 15.5. The van der Waals surface area contributed by atoms with Gasteiger partial charge in [0.15, 0.2) is 6.61 Å². The number of halogens is 1. The number of rotatable bonds is 7. The fourth-order valence-corrected chi connectivity index (χ4v) is 2.66. The second-order valence-electron chi connectivity index (χ2n) is 5.94. The number of carbonyl (C=O) groups excluding carboxylic acids is 1. The Labute approximate surface area is 170 Å². The third kappa shape index (κ3) is 5.20. The molecule has 3 aromatic rings. The zero-order valence-electron chi connectivity index (χ0n) is 15.3. The summed E-state index contributed by atoms with van der Waals surface area (Å²) in [6.45, 7) is 1.44. The average Bonchev–Trinajstić information content (AvgIpc) is 3.16. The first-order valence-corrected chi connectivity index (χ1v) is 8.86. The lowest BCUT2D eigenvalue weighted by Crippen LogP contribution is -2.24. The van der Waals surface area contributed by atoms with Gasteiger partial charge < -0.3 is 9.15 Å². The molecule has 1 aromatic heterocycles. The van der Waals surface area contributed by atoms with Crippen molar-refractivity contribution in [2.24, 2.45) is 5.10 Å². The standard InChI is InChI=1S/C20H16ClN3O5/c1-13-17(3-2-4-18(13)24(26)27)19-10-9-16(29-19)11-22-23-20(25)12-28-15-7-5-14(21)6-8-15/h2-11H,12H2,1H3,(H,23,25)/b22-11-. The number of amides is 1. The van der Waals surface area contributed by atoms with Crippen LogP contribution in [0.5, 0.6) is 5.75 Å². The summed E-state index contributed by atoms with van der Waals surface area (Å²) in [4.78, 5) is 22.4. The van der Waals surface area contributed by atoms with Crippen molar-refractivity contribution in [3.63, 3.8) is 0 Å². The van der Waals surface area contributed by atoms with Crippen LogP contribution in [0.2, 0.25) is 5.02 Å². The predicted octanol–water partition coefficient (Wildman–Crippen LogP) is 4.35. The molecular weight excluding hydrogens is 398 g/mol. The first kappa shape index (κ1) is 20.1. The molecule has 0 saturated carbocycles. The van der Waals surface area contributed by atoms with E-state index in [4.69, 9.17) is 20.8 Å². The summed E-state index contributed by atoms with van der Waals surface area (Å²) in [5.41, 5.74) is 3.46. The Bertz CT molecular complexity index is 1060. The van der Waals surface area contributed by atoms with E-state index in [1.54, 1.807) is 55.5 Å². The quantitative estimate of drug-likeness (QED) is 0.352. The van der Waals surface area contributed by atoms with Gasteiger partial charge in [-0.25, -0.2) is 5.43 Å². The average molecular weight is 414 g/mol. The van der Waals surface area contributed by atoms with Crippen LogP contribution in [0.15, 0.2) is 64.1 Å². The number of hydrazone groups is 1. The monoisotopic (exact) mass is 413 g/mol. The smallest absolute Gasteiger partial charge is 0.277 e. The number of hydrogen-bond acceptors (Lipinski definition) is 6. The summed E-state index contributed by atoms with van der Waals surface area (Å²) >= 11 is 5.78. The summed E-state index contributed by atoms with van der Waals surface area (Å²) in [6.07, 6.45) is 1.33. The van der Waals surface area contributed by atoms with Crippen molar-refractivity contribution < 1.29 is 18.9 Å². The molecule has 1 N–H and O–H groups in total. The van der Waals surface area contributed by atoms with Crippen molar-refractivity contribution in [2.45, 2.75) is 6.92 Å². The highest BCUT2D eigenvalue weighted by Gasteiger charge is 2.16. The summed E-state index contributed by atoms with van der Waals surface area (Å²) in [5.74, 6) is 0.906. The van der Waals surface area contributed by atoms with E-state index in [9.17, 15) is 14.9 Å². The lowest BCUT2D eigenvalue weighted by Gasteiger charge is -2.04. The second-order valence-corrected chi connectivity index (χ2v) is 6.38. The molecule has 2 aromatic carbocycles. The van der Waals surface area contributed by atoms with Crippen LogP contribution in [0.4, 0.5) is 5.69 Å².